The van der Waals surface area contributed by atoms with Crippen LogP contribution in [0.3, 0.4) is 0 Å². The molecule has 0 unspecified atom stereocenters. The highest BCUT2D eigenvalue weighted by atomic mass is 28.3. The van der Waals surface area contributed by atoms with Gasteiger partial charge < -0.3 is 18.5 Å². The summed E-state index contributed by atoms with van der Waals surface area (Å²) in [5.74, 6) is -0.482. The molecule has 4 nitrogen and oxygen atoms in total. The largest absolute Gasteiger partial charge is 0.543 e. The smallest absolute Gasteiger partial charge is 0.498 e. The lowest BCUT2D eigenvalue weighted by molar-refractivity contribution is 0.137. The second-order valence-electron chi connectivity index (χ2n) is 6.91. The quantitative estimate of drug-likeness (QED) is 0.741. The fourth-order valence-electron chi connectivity index (χ4n) is 2.57. The Hall–Kier alpha value is -1.90. The summed E-state index contributed by atoms with van der Waals surface area (Å²) in [6.07, 6.45) is 0. The van der Waals surface area contributed by atoms with E-state index in [9.17, 15) is 8.78 Å². The van der Waals surface area contributed by atoms with Crippen LogP contribution in [0.4, 0.5) is 8.78 Å². The van der Waals surface area contributed by atoms with Gasteiger partial charge in [-0.3, -0.25) is 0 Å². The van der Waals surface area contributed by atoms with Gasteiger partial charge in [0, 0.05) is 11.5 Å². The first-order chi connectivity index (χ1) is 12.2. The van der Waals surface area contributed by atoms with Crippen LogP contribution in [-0.4, -0.2) is 28.4 Å². The zero-order valence-electron chi connectivity index (χ0n) is 15.1. The molecule has 0 amide bonds. The summed E-state index contributed by atoms with van der Waals surface area (Å²) < 4.78 is 50.3. The first kappa shape index (κ1) is 18.9. The molecule has 0 saturated carbocycles. The molecule has 3 rings (SSSR count). The Morgan fingerprint density at radius 2 is 1.81 bits per heavy atom. The Bertz CT molecular complexity index is 801. The summed E-state index contributed by atoms with van der Waals surface area (Å²) in [6.45, 7) is 8.31. The van der Waals surface area contributed by atoms with Crippen LogP contribution in [0.2, 0.25) is 13.1 Å². The van der Waals surface area contributed by atoms with Crippen molar-refractivity contribution >= 4 is 21.6 Å². The first-order valence-electron chi connectivity index (χ1n) is 8.28. The van der Waals surface area contributed by atoms with Gasteiger partial charge in [0.25, 0.3) is 9.04 Å². The molecule has 137 valence electrons. The molecule has 1 fully saturated rings. The molecule has 1 saturated heterocycles. The van der Waals surface area contributed by atoms with Crippen molar-refractivity contribution in [1.82, 2.24) is 0 Å². The van der Waals surface area contributed by atoms with Crippen LogP contribution in [0.15, 0.2) is 36.4 Å². The standard InChI is InChI=1S/C18H20BF2O4Si/c1-18(2)11-22-19(25-18)14-10-13(24-26(3)4)6-8-16(14)23-17-7-5-12(20)9-15(17)21/h5-10H,11H2,1-4H3. The maximum absolute atomic E-state index is 14.0. The predicted molar refractivity (Wildman–Crippen MR) is 97.5 cm³/mol. The van der Waals surface area contributed by atoms with Gasteiger partial charge >= 0.3 is 7.12 Å². The maximum atomic E-state index is 14.0. The van der Waals surface area contributed by atoms with E-state index in [2.05, 4.69) is 0 Å². The normalized spacial score (nSPS) is 16.2. The Morgan fingerprint density at radius 3 is 2.42 bits per heavy atom. The Kier molecular flexibility index (Phi) is 5.36. The van der Waals surface area contributed by atoms with Crippen molar-refractivity contribution in [3.05, 3.63) is 48.0 Å². The van der Waals surface area contributed by atoms with E-state index >= 15 is 0 Å². The van der Waals surface area contributed by atoms with Crippen molar-refractivity contribution in [3.8, 4) is 17.2 Å². The van der Waals surface area contributed by atoms with E-state index in [-0.39, 0.29) is 5.75 Å². The van der Waals surface area contributed by atoms with Gasteiger partial charge in [-0.15, -0.1) is 0 Å². The van der Waals surface area contributed by atoms with E-state index in [1.807, 2.05) is 26.9 Å². The van der Waals surface area contributed by atoms with Crippen molar-refractivity contribution in [3.63, 3.8) is 0 Å². The lowest BCUT2D eigenvalue weighted by Gasteiger charge is -2.18. The third-order valence-electron chi connectivity index (χ3n) is 3.68. The van der Waals surface area contributed by atoms with E-state index in [4.69, 9.17) is 18.5 Å². The second kappa shape index (κ2) is 7.38. The van der Waals surface area contributed by atoms with Crippen LogP contribution in [0.5, 0.6) is 17.2 Å². The summed E-state index contributed by atoms with van der Waals surface area (Å²) in [5.41, 5.74) is 0.157. The van der Waals surface area contributed by atoms with Gasteiger partial charge in [-0.25, -0.2) is 8.78 Å². The number of halogens is 2. The average Bonchev–Trinajstić information content (AvgIpc) is 2.90. The average molecular weight is 377 g/mol. The number of rotatable bonds is 5. The van der Waals surface area contributed by atoms with E-state index in [1.165, 1.54) is 6.07 Å². The molecule has 2 aromatic rings. The van der Waals surface area contributed by atoms with Crippen molar-refractivity contribution in [2.75, 3.05) is 6.61 Å². The van der Waals surface area contributed by atoms with E-state index in [0.717, 1.165) is 12.1 Å². The highest BCUT2D eigenvalue weighted by molar-refractivity contribution is 6.63. The van der Waals surface area contributed by atoms with E-state index in [0.29, 0.717) is 23.6 Å². The molecule has 0 aliphatic carbocycles. The van der Waals surface area contributed by atoms with E-state index < -0.39 is 33.4 Å². The molecule has 0 atom stereocenters. The molecule has 1 heterocycles. The molecule has 0 spiro atoms. The van der Waals surface area contributed by atoms with Crippen LogP contribution in [0, 0.1) is 11.6 Å². The minimum absolute atomic E-state index is 0.0747. The molecule has 2 aromatic carbocycles. The van der Waals surface area contributed by atoms with Crippen LogP contribution >= 0.6 is 0 Å². The van der Waals surface area contributed by atoms with Crippen LogP contribution < -0.4 is 14.6 Å². The molecule has 26 heavy (non-hydrogen) atoms. The van der Waals surface area contributed by atoms with Crippen molar-refractivity contribution in [2.45, 2.75) is 32.5 Å². The molecule has 1 aliphatic rings. The minimum atomic E-state index is -0.955. The van der Waals surface area contributed by atoms with Gasteiger partial charge in [0.1, 0.15) is 17.3 Å². The summed E-state index contributed by atoms with van der Waals surface area (Å²) in [6, 6.07) is 8.37. The second-order valence-corrected chi connectivity index (χ2v) is 8.93. The fraction of sp³-hybridized carbons (Fsp3) is 0.333. The summed E-state index contributed by atoms with van der Waals surface area (Å²) in [4.78, 5) is 0. The molecular formula is C18H20BF2O4Si. The van der Waals surface area contributed by atoms with Crippen molar-refractivity contribution < 1.29 is 27.3 Å². The van der Waals surface area contributed by atoms with Gasteiger partial charge in [0.2, 0.25) is 0 Å². The van der Waals surface area contributed by atoms with Gasteiger partial charge in [0.05, 0.1) is 12.2 Å². The topological polar surface area (TPSA) is 36.9 Å². The number of hydrogen-bond donors (Lipinski definition) is 0. The molecule has 0 bridgehead atoms. The third-order valence-corrected chi connectivity index (χ3v) is 4.32. The fourth-order valence-corrected chi connectivity index (χ4v) is 3.17. The summed E-state index contributed by atoms with van der Waals surface area (Å²) >= 11 is 0. The Balaban J connectivity index is 1.95. The molecule has 1 radical (unpaired) electrons. The number of benzene rings is 2. The van der Waals surface area contributed by atoms with Gasteiger partial charge in [0.15, 0.2) is 11.6 Å². The monoisotopic (exact) mass is 377 g/mol. The highest BCUT2D eigenvalue weighted by Gasteiger charge is 2.40. The molecular weight excluding hydrogens is 357 g/mol. The summed E-state index contributed by atoms with van der Waals surface area (Å²) in [5, 5.41) is 0. The number of hydrogen-bond acceptors (Lipinski definition) is 4. The van der Waals surface area contributed by atoms with Crippen molar-refractivity contribution in [1.29, 1.82) is 0 Å². The van der Waals surface area contributed by atoms with E-state index in [1.54, 1.807) is 18.2 Å². The number of ether oxygens (including phenoxy) is 1. The molecule has 8 heteroatoms. The van der Waals surface area contributed by atoms with Crippen LogP contribution in [0.25, 0.3) is 0 Å². The highest BCUT2D eigenvalue weighted by Crippen LogP contribution is 2.29. The molecule has 1 aliphatic heterocycles. The van der Waals surface area contributed by atoms with Crippen molar-refractivity contribution in [2.24, 2.45) is 0 Å². The lowest BCUT2D eigenvalue weighted by atomic mass is 9.78. The maximum Gasteiger partial charge on any atom is 0.498 e. The molecule has 0 aromatic heterocycles. The van der Waals surface area contributed by atoms with Crippen LogP contribution in [-0.2, 0) is 9.31 Å². The summed E-state index contributed by atoms with van der Waals surface area (Å²) in [7, 11) is -1.61. The predicted octanol–water partition coefficient (Wildman–Crippen LogP) is 3.91. The van der Waals surface area contributed by atoms with Gasteiger partial charge in [-0.05, 0) is 57.3 Å². The Morgan fingerprint density at radius 1 is 1.08 bits per heavy atom. The first-order valence-corrected chi connectivity index (χ1v) is 10.7. The lowest BCUT2D eigenvalue weighted by Crippen LogP contribution is -2.35. The molecule has 0 N–H and O–H groups in total. The minimum Gasteiger partial charge on any atom is -0.543 e. The van der Waals surface area contributed by atoms with Crippen LogP contribution in [0.1, 0.15) is 13.8 Å². The third kappa shape index (κ3) is 4.44. The van der Waals surface area contributed by atoms with Gasteiger partial charge in [-0.2, -0.15) is 0 Å². The Labute approximate surface area is 153 Å². The zero-order chi connectivity index (χ0) is 18.9. The zero-order valence-corrected chi connectivity index (χ0v) is 16.1. The van der Waals surface area contributed by atoms with Gasteiger partial charge in [-0.1, -0.05) is 0 Å². The SMILES string of the molecule is C[Si](C)Oc1ccc(Oc2ccc(F)cc2F)c(B2OCC(C)(C)O2)c1.